The van der Waals surface area contributed by atoms with Crippen LogP contribution in [0, 0.1) is 0 Å². The van der Waals surface area contributed by atoms with Gasteiger partial charge in [-0.3, -0.25) is 14.4 Å². The summed E-state index contributed by atoms with van der Waals surface area (Å²) in [6.45, 7) is 1.81. The summed E-state index contributed by atoms with van der Waals surface area (Å²) in [4.78, 5) is 43.2. The minimum Gasteiger partial charge on any atom is -0.481 e. The van der Waals surface area contributed by atoms with Crippen LogP contribution in [0.5, 0.6) is 0 Å². The third-order valence-corrected chi connectivity index (χ3v) is 1.87. The number of esters is 1. The van der Waals surface area contributed by atoms with Crippen LogP contribution in [0.2, 0.25) is 0 Å². The molecule has 18 heavy (non-hydrogen) atoms. The molecule has 0 saturated heterocycles. The Morgan fingerprint density at radius 1 is 1.17 bits per heavy atom. The van der Waals surface area contributed by atoms with Gasteiger partial charge in [-0.2, -0.15) is 0 Å². The van der Waals surface area contributed by atoms with E-state index in [4.69, 9.17) is 10.2 Å². The monoisotopic (exact) mass is 261 g/mol. The molecule has 102 valence electrons. The van der Waals surface area contributed by atoms with E-state index in [1.165, 1.54) is 0 Å². The number of carbonyl (C=O) groups is 4. The van der Waals surface area contributed by atoms with Crippen LogP contribution in [-0.4, -0.2) is 46.7 Å². The second-order valence-electron chi connectivity index (χ2n) is 3.36. The highest BCUT2D eigenvalue weighted by Gasteiger charge is 2.23. The topological polar surface area (TPSA) is 130 Å². The van der Waals surface area contributed by atoms with Gasteiger partial charge in [0.05, 0.1) is 19.4 Å². The average molecular weight is 261 g/mol. The predicted octanol–water partition coefficient (Wildman–Crippen LogP) is -0.626. The highest BCUT2D eigenvalue weighted by molar-refractivity contribution is 5.88. The number of carbonyl (C=O) groups excluding carboxylic acids is 2. The van der Waals surface area contributed by atoms with Crippen molar-refractivity contribution in [2.24, 2.45) is 0 Å². The minimum atomic E-state index is -1.50. The Balaban J connectivity index is 4.14. The number of hydrogen-bond donors (Lipinski definition) is 3. The maximum absolute atomic E-state index is 11.3. The van der Waals surface area contributed by atoms with E-state index >= 15 is 0 Å². The van der Waals surface area contributed by atoms with Gasteiger partial charge in [0.2, 0.25) is 5.91 Å². The van der Waals surface area contributed by atoms with Crippen LogP contribution in [0.25, 0.3) is 0 Å². The summed E-state index contributed by atoms with van der Waals surface area (Å²) in [5.74, 6) is -4.07. The van der Waals surface area contributed by atoms with Crippen molar-refractivity contribution in [3.63, 3.8) is 0 Å². The molecule has 0 spiro atoms. The van der Waals surface area contributed by atoms with Crippen molar-refractivity contribution >= 4 is 23.8 Å². The number of nitrogens with one attached hydrogen (secondary N) is 1. The molecule has 1 unspecified atom stereocenters. The van der Waals surface area contributed by atoms with Crippen LogP contribution in [0.1, 0.15) is 26.2 Å². The molecule has 0 heterocycles. The lowest BCUT2D eigenvalue weighted by Gasteiger charge is -2.11. The zero-order valence-electron chi connectivity index (χ0n) is 9.84. The number of carboxylic acid groups (broad SMARTS) is 2. The summed E-state index contributed by atoms with van der Waals surface area (Å²) < 4.78 is 4.58. The molecule has 0 aliphatic rings. The molecule has 8 nitrogen and oxygen atoms in total. The van der Waals surface area contributed by atoms with Gasteiger partial charge in [-0.25, -0.2) is 4.79 Å². The number of amides is 1. The van der Waals surface area contributed by atoms with E-state index in [-0.39, 0.29) is 19.4 Å². The fourth-order valence-corrected chi connectivity index (χ4v) is 1.09. The van der Waals surface area contributed by atoms with E-state index in [0.29, 0.717) is 0 Å². The highest BCUT2D eigenvalue weighted by Crippen LogP contribution is 1.97. The van der Waals surface area contributed by atoms with E-state index in [0.717, 1.165) is 0 Å². The minimum absolute atomic E-state index is 0.181. The first-order valence-corrected chi connectivity index (χ1v) is 5.26. The van der Waals surface area contributed by atoms with Gasteiger partial charge in [0, 0.05) is 6.42 Å². The summed E-state index contributed by atoms with van der Waals surface area (Å²) in [6, 6.07) is -1.50. The largest absolute Gasteiger partial charge is 0.481 e. The molecule has 0 rings (SSSR count). The van der Waals surface area contributed by atoms with Gasteiger partial charge in [-0.05, 0) is 6.92 Å². The second kappa shape index (κ2) is 8.04. The first-order valence-electron chi connectivity index (χ1n) is 5.26. The lowest BCUT2D eigenvalue weighted by molar-refractivity contribution is -0.148. The van der Waals surface area contributed by atoms with Gasteiger partial charge < -0.3 is 20.3 Å². The Kier molecular flexibility index (Phi) is 7.10. The summed E-state index contributed by atoms with van der Waals surface area (Å²) in [7, 11) is 0. The maximum Gasteiger partial charge on any atom is 0.326 e. The van der Waals surface area contributed by atoms with Gasteiger partial charge in [0.1, 0.15) is 6.04 Å². The SMILES string of the molecule is CCOC(=O)CCC(=O)NC(CC(=O)O)C(=O)O. The van der Waals surface area contributed by atoms with Gasteiger partial charge in [-0.15, -0.1) is 0 Å². The van der Waals surface area contributed by atoms with Crippen molar-refractivity contribution in [2.45, 2.75) is 32.2 Å². The fraction of sp³-hybridized carbons (Fsp3) is 0.600. The van der Waals surface area contributed by atoms with Crippen LogP contribution in [-0.2, 0) is 23.9 Å². The summed E-state index contributed by atoms with van der Waals surface area (Å²) >= 11 is 0. The quantitative estimate of drug-likeness (QED) is 0.496. The van der Waals surface area contributed by atoms with Crippen molar-refractivity contribution in [1.29, 1.82) is 0 Å². The van der Waals surface area contributed by atoms with E-state index in [9.17, 15) is 19.2 Å². The molecular weight excluding hydrogens is 246 g/mol. The molecule has 0 aliphatic carbocycles. The van der Waals surface area contributed by atoms with Crippen LogP contribution in [0.4, 0.5) is 0 Å². The Labute approximate surface area is 103 Å². The lowest BCUT2D eigenvalue weighted by Crippen LogP contribution is -2.42. The van der Waals surface area contributed by atoms with Crippen molar-refractivity contribution in [3.8, 4) is 0 Å². The zero-order valence-corrected chi connectivity index (χ0v) is 9.84. The van der Waals surface area contributed by atoms with Gasteiger partial charge >= 0.3 is 17.9 Å². The maximum atomic E-state index is 11.3. The van der Waals surface area contributed by atoms with Crippen LogP contribution >= 0.6 is 0 Å². The molecule has 1 amide bonds. The van der Waals surface area contributed by atoms with Crippen LogP contribution in [0.3, 0.4) is 0 Å². The molecule has 3 N–H and O–H groups in total. The van der Waals surface area contributed by atoms with Gasteiger partial charge in [-0.1, -0.05) is 0 Å². The molecule has 0 fully saturated rings. The summed E-state index contributed by atoms with van der Waals surface area (Å²) in [5, 5.41) is 19.1. The fourth-order valence-electron chi connectivity index (χ4n) is 1.09. The first-order chi connectivity index (χ1) is 8.36. The third kappa shape index (κ3) is 7.20. The molecule has 0 aromatic rings. The standard InChI is InChI=1S/C10H15NO7/c1-2-18-9(15)4-3-7(12)11-6(10(16)17)5-8(13)14/h6H,2-5H2,1H3,(H,11,12)(H,13,14)(H,16,17). The number of ether oxygens (including phenoxy) is 1. The van der Waals surface area contributed by atoms with Crippen molar-refractivity contribution in [2.75, 3.05) is 6.61 Å². The second-order valence-corrected chi connectivity index (χ2v) is 3.36. The number of carboxylic acids is 2. The van der Waals surface area contributed by atoms with Gasteiger partial charge in [0.15, 0.2) is 0 Å². The van der Waals surface area contributed by atoms with E-state index in [2.05, 4.69) is 4.74 Å². The van der Waals surface area contributed by atoms with Crippen LogP contribution in [0.15, 0.2) is 0 Å². The molecule has 0 aliphatic heterocycles. The molecular formula is C10H15NO7. The van der Waals surface area contributed by atoms with E-state index in [1.54, 1.807) is 6.92 Å². The average Bonchev–Trinajstić information content (AvgIpc) is 2.25. The smallest absolute Gasteiger partial charge is 0.326 e. The Morgan fingerprint density at radius 2 is 1.78 bits per heavy atom. The molecule has 8 heteroatoms. The van der Waals surface area contributed by atoms with Crippen LogP contribution < -0.4 is 5.32 Å². The Morgan fingerprint density at radius 3 is 2.22 bits per heavy atom. The molecule has 0 aromatic heterocycles. The number of rotatable bonds is 8. The Hall–Kier alpha value is -2.12. The number of aliphatic carboxylic acids is 2. The zero-order chi connectivity index (χ0) is 14.1. The number of hydrogen-bond acceptors (Lipinski definition) is 5. The van der Waals surface area contributed by atoms with Crippen molar-refractivity contribution in [3.05, 3.63) is 0 Å². The van der Waals surface area contributed by atoms with E-state index in [1.807, 2.05) is 5.32 Å². The summed E-state index contributed by atoms with van der Waals surface area (Å²) in [6.07, 6.45) is -1.15. The normalized spacial score (nSPS) is 11.4. The highest BCUT2D eigenvalue weighted by atomic mass is 16.5. The predicted molar refractivity (Wildman–Crippen MR) is 57.7 cm³/mol. The van der Waals surface area contributed by atoms with Crippen molar-refractivity contribution < 1.29 is 34.1 Å². The Bertz CT molecular complexity index is 339. The molecule has 0 saturated carbocycles. The molecule has 0 bridgehead atoms. The molecule has 0 aromatic carbocycles. The molecule has 0 radical (unpaired) electrons. The molecule has 1 atom stereocenters. The van der Waals surface area contributed by atoms with Crippen molar-refractivity contribution in [1.82, 2.24) is 5.32 Å². The summed E-state index contributed by atoms with van der Waals surface area (Å²) in [5.41, 5.74) is 0. The van der Waals surface area contributed by atoms with E-state index < -0.39 is 36.3 Å². The lowest BCUT2D eigenvalue weighted by atomic mass is 10.2. The third-order valence-electron chi connectivity index (χ3n) is 1.87. The van der Waals surface area contributed by atoms with Gasteiger partial charge in [0.25, 0.3) is 0 Å². The first kappa shape index (κ1) is 15.9.